The Kier molecular flexibility index (Phi) is 4.90. The van der Waals surface area contributed by atoms with Gasteiger partial charge < -0.3 is 14.6 Å². The predicted molar refractivity (Wildman–Crippen MR) is 108 cm³/mol. The summed E-state index contributed by atoms with van der Waals surface area (Å²) in [6.45, 7) is 0.796. The first-order valence-electron chi connectivity index (χ1n) is 9.56. The minimum atomic E-state index is -4.98. The molecular weight excluding hydrogens is 476 g/mol. The molecule has 0 aliphatic carbocycles. The van der Waals surface area contributed by atoms with E-state index in [1.807, 2.05) is 0 Å². The minimum absolute atomic E-state index is 0.104. The maximum atomic E-state index is 14.0. The summed E-state index contributed by atoms with van der Waals surface area (Å²) in [5.41, 5.74) is -2.05. The maximum absolute atomic E-state index is 14.0. The Morgan fingerprint density at radius 3 is 2.39 bits per heavy atom. The van der Waals surface area contributed by atoms with E-state index in [2.05, 4.69) is 15.0 Å². The molecule has 0 atom stereocenters. The van der Waals surface area contributed by atoms with Crippen molar-refractivity contribution in [1.82, 2.24) is 19.5 Å². The van der Waals surface area contributed by atoms with E-state index in [0.717, 1.165) is 11.3 Å². The number of thiazole rings is 1. The van der Waals surface area contributed by atoms with Crippen molar-refractivity contribution in [2.45, 2.75) is 12.4 Å². The molecule has 4 heterocycles. The molecule has 1 N–H and O–H groups in total. The number of aromatic nitrogens is 4. The molecule has 7 nitrogen and oxygen atoms in total. The van der Waals surface area contributed by atoms with Gasteiger partial charge in [0.25, 0.3) is 0 Å². The Balaban J connectivity index is 1.85. The molecule has 0 bridgehead atoms. The smallest absolute Gasteiger partial charge is 0.378 e. The quantitative estimate of drug-likeness (QED) is 0.428. The first-order valence-corrected chi connectivity index (χ1v) is 10.4. The predicted octanol–water partition coefficient (Wildman–Crippen LogP) is 4.20. The van der Waals surface area contributed by atoms with E-state index in [0.29, 0.717) is 20.9 Å². The minimum Gasteiger partial charge on any atom is -0.378 e. The number of H-pyrrole nitrogens is 1. The second-order valence-corrected chi connectivity index (χ2v) is 8.27. The number of alkyl halides is 6. The largest absolute Gasteiger partial charge is 0.450 e. The molecular formula is C19H13F6N5O2S. The molecule has 1 aliphatic rings. The summed E-state index contributed by atoms with van der Waals surface area (Å²) in [5, 5.41) is 0. The van der Waals surface area contributed by atoms with Gasteiger partial charge in [-0.1, -0.05) is 11.3 Å². The van der Waals surface area contributed by atoms with Crippen molar-refractivity contribution in [2.24, 2.45) is 0 Å². The number of anilines is 1. The lowest BCUT2D eigenvalue weighted by Gasteiger charge is -2.29. The summed E-state index contributed by atoms with van der Waals surface area (Å²) in [5.74, 6) is -1.42. The number of aromatic amines is 1. The van der Waals surface area contributed by atoms with Gasteiger partial charge in [-0.3, -0.25) is 9.36 Å². The molecule has 1 aliphatic heterocycles. The van der Waals surface area contributed by atoms with E-state index in [1.165, 1.54) is 23.1 Å². The molecule has 174 valence electrons. The van der Waals surface area contributed by atoms with Crippen LogP contribution < -0.4 is 9.77 Å². The van der Waals surface area contributed by atoms with E-state index in [1.54, 1.807) is 0 Å². The molecule has 3 aromatic heterocycles. The molecule has 1 aromatic carbocycles. The molecule has 1 saturated heterocycles. The number of imidazole rings is 1. The lowest BCUT2D eigenvalue weighted by molar-refractivity contribution is -0.145. The second kappa shape index (κ2) is 7.45. The average molecular weight is 489 g/mol. The number of nitrogens with one attached hydrogen (secondary N) is 1. The molecule has 4 aromatic rings. The van der Waals surface area contributed by atoms with Crippen LogP contribution >= 0.6 is 11.3 Å². The average Bonchev–Trinajstić information content (AvgIpc) is 3.32. The lowest BCUT2D eigenvalue weighted by atomic mass is 10.2. The van der Waals surface area contributed by atoms with Gasteiger partial charge in [-0.15, -0.1) is 0 Å². The van der Waals surface area contributed by atoms with Crippen molar-refractivity contribution in [3.63, 3.8) is 0 Å². The van der Waals surface area contributed by atoms with E-state index in [4.69, 9.17) is 4.74 Å². The fraction of sp³-hybridized carbons (Fsp3) is 0.316. The zero-order chi connectivity index (χ0) is 23.5. The second-order valence-electron chi connectivity index (χ2n) is 7.26. The number of hydrogen-bond acceptors (Lipinski definition) is 6. The van der Waals surface area contributed by atoms with Gasteiger partial charge in [0.1, 0.15) is 11.2 Å². The molecule has 1 fully saturated rings. The number of pyridine rings is 1. The highest BCUT2D eigenvalue weighted by Gasteiger charge is 2.41. The number of fused-ring (bicyclic) bond motifs is 2. The van der Waals surface area contributed by atoms with Crippen molar-refractivity contribution in [3.05, 3.63) is 45.5 Å². The summed E-state index contributed by atoms with van der Waals surface area (Å²) in [6, 6.07) is 4.64. The molecule has 14 heteroatoms. The molecule has 0 saturated carbocycles. The van der Waals surface area contributed by atoms with Crippen molar-refractivity contribution < 1.29 is 31.1 Å². The Bertz CT molecular complexity index is 1410. The number of nitrogens with zero attached hydrogens (tertiary/aromatic N) is 4. The Morgan fingerprint density at radius 2 is 1.73 bits per heavy atom. The van der Waals surface area contributed by atoms with Crippen LogP contribution in [-0.2, 0) is 17.1 Å². The SMILES string of the molecule is O=c1[nH]c2ccc(-n3c(C(F)(F)F)nc4c(N5CCOCC5)cc(C(F)(F)F)nc43)cc2s1. The number of rotatable bonds is 2. The van der Waals surface area contributed by atoms with E-state index in [-0.39, 0.29) is 43.2 Å². The van der Waals surface area contributed by atoms with Crippen LogP contribution in [0.25, 0.3) is 27.1 Å². The van der Waals surface area contributed by atoms with Crippen LogP contribution in [-0.4, -0.2) is 45.8 Å². The van der Waals surface area contributed by atoms with E-state index < -0.39 is 34.4 Å². The summed E-state index contributed by atoms with van der Waals surface area (Å²) >= 11 is 0.767. The van der Waals surface area contributed by atoms with Gasteiger partial charge in [0.2, 0.25) is 5.82 Å². The fourth-order valence-corrected chi connectivity index (χ4v) is 4.50. The normalized spacial score (nSPS) is 15.6. The van der Waals surface area contributed by atoms with Crippen LogP contribution in [0.3, 0.4) is 0 Å². The first-order chi connectivity index (χ1) is 15.5. The Labute approximate surface area is 184 Å². The third-order valence-electron chi connectivity index (χ3n) is 5.15. The van der Waals surface area contributed by atoms with Gasteiger partial charge >= 0.3 is 17.2 Å². The first kappa shape index (κ1) is 21.7. The zero-order valence-corrected chi connectivity index (χ0v) is 17.2. The van der Waals surface area contributed by atoms with Crippen LogP contribution in [0.4, 0.5) is 32.0 Å². The van der Waals surface area contributed by atoms with Crippen molar-refractivity contribution in [3.8, 4) is 5.69 Å². The highest BCUT2D eigenvalue weighted by Crippen LogP contribution is 2.39. The number of halogens is 6. The molecule has 0 radical (unpaired) electrons. The lowest BCUT2D eigenvalue weighted by Crippen LogP contribution is -2.36. The molecule has 0 spiro atoms. The summed E-state index contributed by atoms with van der Waals surface area (Å²) < 4.78 is 89.0. The highest BCUT2D eigenvalue weighted by atomic mass is 32.1. The number of ether oxygens (including phenoxy) is 1. The van der Waals surface area contributed by atoms with Crippen molar-refractivity contribution in [1.29, 1.82) is 0 Å². The third kappa shape index (κ3) is 3.82. The summed E-state index contributed by atoms with van der Waals surface area (Å²) in [6.07, 6.45) is -9.88. The number of hydrogen-bond donors (Lipinski definition) is 1. The van der Waals surface area contributed by atoms with Crippen LogP contribution in [0.5, 0.6) is 0 Å². The van der Waals surface area contributed by atoms with Gasteiger partial charge in [0, 0.05) is 13.1 Å². The molecule has 5 rings (SSSR count). The van der Waals surface area contributed by atoms with Crippen LogP contribution in [0, 0.1) is 0 Å². The number of morpholine rings is 1. The summed E-state index contributed by atoms with van der Waals surface area (Å²) in [7, 11) is 0. The Hall–Kier alpha value is -3.13. The van der Waals surface area contributed by atoms with Crippen LogP contribution in [0.15, 0.2) is 29.1 Å². The van der Waals surface area contributed by atoms with E-state index >= 15 is 0 Å². The molecule has 0 amide bonds. The van der Waals surface area contributed by atoms with Gasteiger partial charge in [-0.25, -0.2) is 9.97 Å². The fourth-order valence-electron chi connectivity index (χ4n) is 3.73. The summed E-state index contributed by atoms with van der Waals surface area (Å²) in [4.78, 5) is 22.5. The zero-order valence-electron chi connectivity index (χ0n) is 16.4. The number of benzene rings is 1. The molecule has 0 unspecified atom stereocenters. The van der Waals surface area contributed by atoms with Gasteiger partial charge in [-0.2, -0.15) is 26.3 Å². The standard InChI is InChI=1S/C19H13F6N5O2S/c20-18(21,22)13-8-11(29-3-5-32-6-4-29)14-15(27-13)30(16(28-14)19(23,24)25)9-1-2-10-12(7-9)33-17(31)26-10/h1-2,7-8H,3-6H2,(H,26,31). The van der Waals surface area contributed by atoms with Crippen LogP contribution in [0.2, 0.25) is 0 Å². The molecule has 33 heavy (non-hydrogen) atoms. The highest BCUT2D eigenvalue weighted by molar-refractivity contribution is 7.16. The third-order valence-corrected chi connectivity index (χ3v) is 6.00. The monoisotopic (exact) mass is 489 g/mol. The van der Waals surface area contributed by atoms with E-state index in [9.17, 15) is 31.1 Å². The van der Waals surface area contributed by atoms with Gasteiger partial charge in [0.05, 0.1) is 34.8 Å². The maximum Gasteiger partial charge on any atom is 0.450 e. The van der Waals surface area contributed by atoms with Crippen LogP contribution in [0.1, 0.15) is 11.5 Å². The van der Waals surface area contributed by atoms with Crippen molar-refractivity contribution >= 4 is 38.4 Å². The topological polar surface area (TPSA) is 76.0 Å². The van der Waals surface area contributed by atoms with Gasteiger partial charge in [0.15, 0.2) is 5.65 Å². The Morgan fingerprint density at radius 1 is 1.00 bits per heavy atom. The van der Waals surface area contributed by atoms with Crippen molar-refractivity contribution in [2.75, 3.05) is 31.2 Å². The van der Waals surface area contributed by atoms with Gasteiger partial charge in [-0.05, 0) is 24.3 Å².